The lowest BCUT2D eigenvalue weighted by atomic mass is 9.77. The summed E-state index contributed by atoms with van der Waals surface area (Å²) in [6, 6.07) is 6.22. The summed E-state index contributed by atoms with van der Waals surface area (Å²) in [4.78, 5) is 2.49. The number of halogens is 2. The van der Waals surface area contributed by atoms with Gasteiger partial charge in [-0.2, -0.15) is 0 Å². The number of para-hydroxylation sites is 1. The average Bonchev–Trinajstić information content (AvgIpc) is 2.63. The van der Waals surface area contributed by atoms with Gasteiger partial charge in [-0.3, -0.25) is 0 Å². The van der Waals surface area contributed by atoms with Gasteiger partial charge >= 0.3 is 0 Å². The minimum Gasteiger partial charge on any atom is -0.370 e. The van der Waals surface area contributed by atoms with E-state index in [4.69, 9.17) is 11.6 Å². The predicted octanol–water partition coefficient (Wildman–Crippen LogP) is 5.89. The van der Waals surface area contributed by atoms with Crippen LogP contribution in [0.1, 0.15) is 45.6 Å². The van der Waals surface area contributed by atoms with Gasteiger partial charge in [-0.25, -0.2) is 0 Å². The molecule has 1 unspecified atom stereocenters. The van der Waals surface area contributed by atoms with Crippen LogP contribution >= 0.6 is 27.5 Å². The van der Waals surface area contributed by atoms with Crippen LogP contribution in [-0.4, -0.2) is 13.1 Å². The molecule has 0 radical (unpaired) electrons. The molecule has 0 spiro atoms. The zero-order valence-electron chi connectivity index (χ0n) is 12.8. The van der Waals surface area contributed by atoms with Gasteiger partial charge in [0.15, 0.2) is 0 Å². The molecule has 1 heterocycles. The molecule has 1 nitrogen and oxygen atoms in total. The van der Waals surface area contributed by atoms with Crippen LogP contribution in [0.3, 0.4) is 0 Å². The Morgan fingerprint density at radius 1 is 1.25 bits per heavy atom. The van der Waals surface area contributed by atoms with Gasteiger partial charge in [0.05, 0.1) is 10.7 Å². The minimum atomic E-state index is 0.411. The molecule has 1 atom stereocenters. The van der Waals surface area contributed by atoms with E-state index in [1.54, 1.807) is 0 Å². The lowest BCUT2D eigenvalue weighted by Gasteiger charge is -2.30. The fraction of sp³-hybridized carbons (Fsp3) is 0.647. The summed E-state index contributed by atoms with van der Waals surface area (Å²) in [7, 11) is 0. The summed E-state index contributed by atoms with van der Waals surface area (Å²) < 4.78 is 0. The number of rotatable bonds is 2. The van der Waals surface area contributed by atoms with Crippen molar-refractivity contribution in [3.8, 4) is 0 Å². The topological polar surface area (TPSA) is 3.24 Å². The van der Waals surface area contributed by atoms with Crippen molar-refractivity contribution in [3.05, 3.63) is 28.8 Å². The second-order valence-corrected chi connectivity index (χ2v) is 7.83. The van der Waals surface area contributed by atoms with Crippen molar-refractivity contribution in [1.29, 1.82) is 0 Å². The molecule has 1 saturated heterocycles. The molecule has 0 N–H and O–H groups in total. The highest BCUT2D eigenvalue weighted by Gasteiger charge is 2.28. The third-order valence-electron chi connectivity index (χ3n) is 4.48. The monoisotopic (exact) mass is 357 g/mol. The van der Waals surface area contributed by atoms with Gasteiger partial charge in [0.2, 0.25) is 0 Å². The Morgan fingerprint density at radius 2 is 2.00 bits per heavy atom. The molecule has 3 heteroatoms. The standard InChI is InChI=1S/C17H25BrClN/c1-17(2,3)14-7-5-10-20(11-9-14)16-13(12-18)6-4-8-15(16)19/h4,6,8,14H,5,7,9-12H2,1-3H3. The van der Waals surface area contributed by atoms with Crippen LogP contribution in [0.15, 0.2) is 18.2 Å². The predicted molar refractivity (Wildman–Crippen MR) is 93.1 cm³/mol. The van der Waals surface area contributed by atoms with Crippen LogP contribution in [0.25, 0.3) is 0 Å². The largest absolute Gasteiger partial charge is 0.370 e. The maximum atomic E-state index is 6.46. The fourth-order valence-electron chi connectivity index (χ4n) is 3.21. The van der Waals surface area contributed by atoms with Crippen LogP contribution in [0, 0.1) is 11.3 Å². The van der Waals surface area contributed by atoms with Crippen molar-refractivity contribution in [2.75, 3.05) is 18.0 Å². The maximum absolute atomic E-state index is 6.46. The normalized spacial score (nSPS) is 20.9. The van der Waals surface area contributed by atoms with Crippen LogP contribution in [0.4, 0.5) is 5.69 Å². The molecule has 0 amide bonds. The van der Waals surface area contributed by atoms with Crippen molar-refractivity contribution in [1.82, 2.24) is 0 Å². The molecule has 1 aromatic carbocycles. The second-order valence-electron chi connectivity index (χ2n) is 6.86. The SMILES string of the molecule is CC(C)(C)C1CCCN(c2c(Cl)cccc2CBr)CC1. The third-order valence-corrected chi connectivity index (χ3v) is 5.39. The summed E-state index contributed by atoms with van der Waals surface area (Å²) in [5, 5.41) is 1.75. The van der Waals surface area contributed by atoms with Crippen LogP contribution < -0.4 is 4.90 Å². The van der Waals surface area contributed by atoms with Crippen molar-refractivity contribution < 1.29 is 0 Å². The molecule has 1 aliphatic rings. The van der Waals surface area contributed by atoms with E-state index in [1.807, 2.05) is 12.1 Å². The lowest BCUT2D eigenvalue weighted by molar-refractivity contribution is 0.220. The van der Waals surface area contributed by atoms with Gasteiger partial charge in [0.25, 0.3) is 0 Å². The Labute approximate surface area is 136 Å². The number of alkyl halides is 1. The molecule has 2 rings (SSSR count). The summed E-state index contributed by atoms with van der Waals surface area (Å²) >= 11 is 10.0. The lowest BCUT2D eigenvalue weighted by Crippen LogP contribution is -2.27. The Kier molecular flexibility index (Phi) is 5.42. The van der Waals surface area contributed by atoms with Crippen molar-refractivity contribution in [2.24, 2.45) is 11.3 Å². The van der Waals surface area contributed by atoms with Crippen LogP contribution in [-0.2, 0) is 5.33 Å². The smallest absolute Gasteiger partial charge is 0.0642 e. The summed E-state index contributed by atoms with van der Waals surface area (Å²) in [5.41, 5.74) is 2.95. The van der Waals surface area contributed by atoms with Gasteiger partial charge in [0.1, 0.15) is 0 Å². The van der Waals surface area contributed by atoms with Gasteiger partial charge in [0, 0.05) is 18.4 Å². The van der Waals surface area contributed by atoms with E-state index in [9.17, 15) is 0 Å². The van der Waals surface area contributed by atoms with Crippen molar-refractivity contribution >= 4 is 33.2 Å². The molecule has 0 aliphatic carbocycles. The summed E-state index contributed by atoms with van der Waals surface area (Å²) in [5.74, 6) is 0.808. The highest BCUT2D eigenvalue weighted by molar-refractivity contribution is 9.08. The van der Waals surface area contributed by atoms with Gasteiger partial charge in [-0.05, 0) is 42.2 Å². The molecule has 1 fully saturated rings. The summed E-state index contributed by atoms with van der Waals surface area (Å²) in [6.45, 7) is 9.34. The Hall–Kier alpha value is -0.210. The zero-order valence-corrected chi connectivity index (χ0v) is 15.1. The highest BCUT2D eigenvalue weighted by Crippen LogP contribution is 2.38. The molecule has 0 aromatic heterocycles. The maximum Gasteiger partial charge on any atom is 0.0642 e. The Bertz CT molecular complexity index is 453. The van der Waals surface area contributed by atoms with Gasteiger partial charge in [-0.15, -0.1) is 0 Å². The van der Waals surface area contributed by atoms with Gasteiger partial charge in [-0.1, -0.05) is 60.4 Å². The third kappa shape index (κ3) is 3.71. The molecule has 1 aliphatic heterocycles. The zero-order chi connectivity index (χ0) is 14.8. The molecular weight excluding hydrogens is 334 g/mol. The van der Waals surface area contributed by atoms with E-state index < -0.39 is 0 Å². The van der Waals surface area contributed by atoms with E-state index in [2.05, 4.69) is 47.7 Å². The Morgan fingerprint density at radius 3 is 2.65 bits per heavy atom. The number of hydrogen-bond donors (Lipinski definition) is 0. The molecule has 20 heavy (non-hydrogen) atoms. The first kappa shape index (κ1) is 16.2. The van der Waals surface area contributed by atoms with E-state index in [1.165, 1.54) is 30.5 Å². The molecular formula is C17H25BrClN. The second kappa shape index (κ2) is 6.70. The highest BCUT2D eigenvalue weighted by atomic mass is 79.9. The average molecular weight is 359 g/mol. The number of benzene rings is 1. The molecule has 0 bridgehead atoms. The van der Waals surface area contributed by atoms with Crippen molar-refractivity contribution in [3.63, 3.8) is 0 Å². The molecule has 112 valence electrons. The number of hydrogen-bond acceptors (Lipinski definition) is 1. The van der Waals surface area contributed by atoms with E-state index >= 15 is 0 Å². The molecule has 0 saturated carbocycles. The minimum absolute atomic E-state index is 0.411. The van der Waals surface area contributed by atoms with Gasteiger partial charge < -0.3 is 4.90 Å². The van der Waals surface area contributed by atoms with E-state index in [-0.39, 0.29) is 0 Å². The van der Waals surface area contributed by atoms with Crippen LogP contribution in [0.5, 0.6) is 0 Å². The summed E-state index contributed by atoms with van der Waals surface area (Å²) in [6.07, 6.45) is 3.85. The fourth-order valence-corrected chi connectivity index (χ4v) is 3.97. The number of nitrogens with zero attached hydrogens (tertiary/aromatic N) is 1. The quantitative estimate of drug-likeness (QED) is 0.596. The van der Waals surface area contributed by atoms with Crippen LogP contribution in [0.2, 0.25) is 5.02 Å². The van der Waals surface area contributed by atoms with E-state index in [0.29, 0.717) is 5.41 Å². The van der Waals surface area contributed by atoms with E-state index in [0.717, 1.165) is 29.4 Å². The first-order chi connectivity index (χ1) is 9.43. The molecule has 1 aromatic rings. The first-order valence-corrected chi connectivity index (χ1v) is 9.01. The number of anilines is 1. The first-order valence-electron chi connectivity index (χ1n) is 7.52. The Balaban J connectivity index is 2.19. The van der Waals surface area contributed by atoms with Crippen molar-refractivity contribution in [2.45, 2.75) is 45.4 Å².